The van der Waals surface area contributed by atoms with Crippen LogP contribution in [0.1, 0.15) is 27.0 Å². The van der Waals surface area contributed by atoms with Crippen molar-refractivity contribution in [3.05, 3.63) is 106 Å². The fourth-order valence-corrected chi connectivity index (χ4v) is 3.43. The molecule has 0 spiro atoms. The van der Waals surface area contributed by atoms with Crippen LogP contribution in [0.5, 0.6) is 11.5 Å². The highest BCUT2D eigenvalue weighted by molar-refractivity contribution is 6.32. The molecule has 4 rings (SSSR count). The third-order valence-corrected chi connectivity index (χ3v) is 5.32. The molecule has 0 aromatic heterocycles. The van der Waals surface area contributed by atoms with Crippen molar-refractivity contribution < 1.29 is 14.6 Å². The Morgan fingerprint density at radius 2 is 1.78 bits per heavy atom. The number of aromatic hydroxyl groups is 1. The van der Waals surface area contributed by atoms with Crippen molar-refractivity contribution in [3.8, 4) is 11.5 Å². The summed E-state index contributed by atoms with van der Waals surface area (Å²) in [6.45, 7) is 2.53. The summed E-state index contributed by atoms with van der Waals surface area (Å²) in [5, 5.41) is 15.6. The Hall–Kier alpha value is -3.83. The predicted octanol–water partition coefficient (Wildman–Crippen LogP) is 5.85. The number of fused-ring (bicyclic) bond motifs is 1. The fourth-order valence-electron chi connectivity index (χ4n) is 3.25. The van der Waals surface area contributed by atoms with E-state index in [4.69, 9.17) is 16.3 Å². The molecule has 0 unspecified atom stereocenters. The van der Waals surface area contributed by atoms with Gasteiger partial charge in [-0.2, -0.15) is 5.10 Å². The molecular weight excluding hydrogens is 424 g/mol. The number of nitrogens with zero attached hydrogens (tertiary/aromatic N) is 1. The van der Waals surface area contributed by atoms with E-state index in [1.165, 1.54) is 23.8 Å². The van der Waals surface area contributed by atoms with Gasteiger partial charge in [-0.25, -0.2) is 5.43 Å². The number of halogens is 1. The highest BCUT2D eigenvalue weighted by Crippen LogP contribution is 2.28. The number of carbonyl (C=O) groups excluding carboxylic acids is 1. The topological polar surface area (TPSA) is 70.9 Å². The lowest BCUT2D eigenvalue weighted by Gasteiger charge is -2.11. The number of benzene rings is 4. The van der Waals surface area contributed by atoms with Crippen LogP contribution in [0.2, 0.25) is 5.02 Å². The monoisotopic (exact) mass is 444 g/mol. The lowest BCUT2D eigenvalue weighted by atomic mass is 10.0. The molecule has 160 valence electrons. The molecule has 0 heterocycles. The van der Waals surface area contributed by atoms with Gasteiger partial charge in [0.2, 0.25) is 0 Å². The Balaban J connectivity index is 1.50. The van der Waals surface area contributed by atoms with E-state index in [2.05, 4.69) is 41.7 Å². The average Bonchev–Trinajstić information content (AvgIpc) is 2.81. The standard InChI is InChI=1S/C26H21ClN2O3/c1-17-6-8-18(9-7-17)16-32-25-13-11-20(21-4-2-3-5-22(21)25)15-28-29-26(31)19-10-12-24(30)23(27)14-19/h2-15,30H,16H2,1H3,(H,29,31)/b28-15+. The van der Waals surface area contributed by atoms with Crippen molar-refractivity contribution in [2.24, 2.45) is 5.10 Å². The predicted molar refractivity (Wildman–Crippen MR) is 128 cm³/mol. The number of phenols is 1. The summed E-state index contributed by atoms with van der Waals surface area (Å²) in [5.41, 5.74) is 5.94. The van der Waals surface area contributed by atoms with Crippen molar-refractivity contribution in [2.75, 3.05) is 0 Å². The van der Waals surface area contributed by atoms with E-state index >= 15 is 0 Å². The minimum absolute atomic E-state index is 0.0807. The number of aryl methyl sites for hydroxylation is 1. The Morgan fingerprint density at radius 3 is 2.53 bits per heavy atom. The number of ether oxygens (including phenoxy) is 1. The van der Waals surface area contributed by atoms with Gasteiger partial charge in [0.25, 0.3) is 5.91 Å². The third kappa shape index (κ3) is 4.90. The van der Waals surface area contributed by atoms with E-state index in [0.29, 0.717) is 12.2 Å². The van der Waals surface area contributed by atoms with E-state index in [1.54, 1.807) is 6.21 Å². The molecule has 0 bridgehead atoms. The summed E-state index contributed by atoms with van der Waals surface area (Å²) in [5.74, 6) is 0.273. The molecule has 6 heteroatoms. The van der Waals surface area contributed by atoms with Crippen LogP contribution in [-0.4, -0.2) is 17.2 Å². The lowest BCUT2D eigenvalue weighted by molar-refractivity contribution is 0.0955. The number of amides is 1. The van der Waals surface area contributed by atoms with Gasteiger partial charge in [-0.3, -0.25) is 4.79 Å². The van der Waals surface area contributed by atoms with E-state index in [1.807, 2.05) is 36.4 Å². The Bertz CT molecular complexity index is 1300. The van der Waals surface area contributed by atoms with Gasteiger partial charge >= 0.3 is 0 Å². The van der Waals surface area contributed by atoms with E-state index in [9.17, 15) is 9.90 Å². The van der Waals surface area contributed by atoms with Crippen LogP contribution in [0.3, 0.4) is 0 Å². The summed E-state index contributed by atoms with van der Waals surface area (Å²) in [6, 6.07) is 24.2. The van der Waals surface area contributed by atoms with Crippen molar-refractivity contribution in [1.29, 1.82) is 0 Å². The SMILES string of the molecule is Cc1ccc(COc2ccc(/C=N/NC(=O)c3ccc(O)c(Cl)c3)c3ccccc23)cc1. The maximum atomic E-state index is 12.3. The van der Waals surface area contributed by atoms with Crippen molar-refractivity contribution in [1.82, 2.24) is 5.43 Å². The van der Waals surface area contributed by atoms with Crippen LogP contribution in [0.4, 0.5) is 0 Å². The number of nitrogens with one attached hydrogen (secondary N) is 1. The van der Waals surface area contributed by atoms with Gasteiger partial charge in [-0.15, -0.1) is 0 Å². The lowest BCUT2D eigenvalue weighted by Crippen LogP contribution is -2.17. The zero-order valence-electron chi connectivity index (χ0n) is 17.4. The van der Waals surface area contributed by atoms with Crippen LogP contribution in [0.25, 0.3) is 10.8 Å². The number of hydrogen-bond acceptors (Lipinski definition) is 4. The maximum absolute atomic E-state index is 12.3. The molecular formula is C26H21ClN2O3. The molecule has 0 fully saturated rings. The van der Waals surface area contributed by atoms with Gasteiger partial charge in [0.1, 0.15) is 18.1 Å². The summed E-state index contributed by atoms with van der Waals surface area (Å²) in [7, 11) is 0. The molecule has 4 aromatic carbocycles. The normalized spacial score (nSPS) is 11.1. The number of hydrazone groups is 1. The van der Waals surface area contributed by atoms with Gasteiger partial charge in [-0.1, -0.05) is 65.7 Å². The number of hydrogen-bond donors (Lipinski definition) is 2. The Morgan fingerprint density at radius 1 is 1.03 bits per heavy atom. The van der Waals surface area contributed by atoms with Gasteiger partial charge in [0.15, 0.2) is 0 Å². The van der Waals surface area contributed by atoms with Crippen molar-refractivity contribution in [3.63, 3.8) is 0 Å². The maximum Gasteiger partial charge on any atom is 0.271 e. The van der Waals surface area contributed by atoms with Crippen molar-refractivity contribution in [2.45, 2.75) is 13.5 Å². The molecule has 4 aromatic rings. The van der Waals surface area contributed by atoms with Crippen LogP contribution in [0.15, 0.2) is 84.0 Å². The minimum Gasteiger partial charge on any atom is -0.506 e. The summed E-state index contributed by atoms with van der Waals surface area (Å²) in [4.78, 5) is 12.3. The Kier molecular flexibility index (Phi) is 6.38. The number of rotatable bonds is 6. The largest absolute Gasteiger partial charge is 0.506 e. The number of carbonyl (C=O) groups is 1. The average molecular weight is 445 g/mol. The quantitative estimate of drug-likeness (QED) is 0.289. The van der Waals surface area contributed by atoms with E-state index in [-0.39, 0.29) is 10.8 Å². The van der Waals surface area contributed by atoms with E-state index < -0.39 is 5.91 Å². The Labute approximate surface area is 190 Å². The highest BCUT2D eigenvalue weighted by Gasteiger charge is 2.09. The molecule has 0 atom stereocenters. The fraction of sp³-hybridized carbons (Fsp3) is 0.0769. The molecule has 0 saturated heterocycles. The summed E-state index contributed by atoms with van der Waals surface area (Å²) >= 11 is 5.86. The second-order valence-electron chi connectivity index (χ2n) is 7.34. The number of phenolic OH excluding ortho intramolecular Hbond substituents is 1. The zero-order chi connectivity index (χ0) is 22.5. The first-order valence-corrected chi connectivity index (χ1v) is 10.4. The van der Waals surface area contributed by atoms with Gasteiger partial charge in [-0.05, 0) is 48.2 Å². The van der Waals surface area contributed by atoms with Crippen LogP contribution in [-0.2, 0) is 6.61 Å². The second kappa shape index (κ2) is 9.54. The van der Waals surface area contributed by atoms with Gasteiger partial charge < -0.3 is 9.84 Å². The molecule has 0 aliphatic carbocycles. The highest BCUT2D eigenvalue weighted by atomic mass is 35.5. The molecule has 1 amide bonds. The first kappa shape index (κ1) is 21.4. The molecule has 2 N–H and O–H groups in total. The van der Waals surface area contributed by atoms with Gasteiger partial charge in [0, 0.05) is 16.5 Å². The smallest absolute Gasteiger partial charge is 0.271 e. The minimum atomic E-state index is -0.425. The molecule has 32 heavy (non-hydrogen) atoms. The van der Waals surface area contributed by atoms with Crippen molar-refractivity contribution >= 4 is 34.5 Å². The zero-order valence-corrected chi connectivity index (χ0v) is 18.1. The summed E-state index contributed by atoms with van der Waals surface area (Å²) < 4.78 is 6.07. The molecule has 0 saturated carbocycles. The first-order valence-electron chi connectivity index (χ1n) is 10.0. The first-order chi connectivity index (χ1) is 15.5. The van der Waals surface area contributed by atoms with Crippen LogP contribution < -0.4 is 10.2 Å². The van der Waals surface area contributed by atoms with E-state index in [0.717, 1.165) is 27.6 Å². The third-order valence-electron chi connectivity index (χ3n) is 5.01. The molecule has 0 aliphatic heterocycles. The molecule has 5 nitrogen and oxygen atoms in total. The molecule has 0 aliphatic rings. The molecule has 0 radical (unpaired) electrons. The van der Waals surface area contributed by atoms with Crippen LogP contribution in [0, 0.1) is 6.92 Å². The second-order valence-corrected chi connectivity index (χ2v) is 7.75. The van der Waals surface area contributed by atoms with Crippen LogP contribution >= 0.6 is 11.6 Å². The van der Waals surface area contributed by atoms with Gasteiger partial charge in [0.05, 0.1) is 11.2 Å². The summed E-state index contributed by atoms with van der Waals surface area (Å²) in [6.07, 6.45) is 1.59.